The number of hydrogen-bond donors (Lipinski definition) is 0. The van der Waals surface area contributed by atoms with Crippen molar-refractivity contribution in [3.05, 3.63) is 190 Å². The summed E-state index contributed by atoms with van der Waals surface area (Å²) < 4.78 is 42.1. The fourth-order valence-electron chi connectivity index (χ4n) is 8.74. The van der Waals surface area contributed by atoms with Gasteiger partial charge in [0.25, 0.3) is 0 Å². The Morgan fingerprint density at radius 3 is 1.19 bits per heavy atom. The third-order valence-corrected chi connectivity index (χ3v) is 13.9. The Bertz CT molecular complexity index is 2880. The predicted molar refractivity (Wildman–Crippen MR) is 254 cm³/mol. The van der Waals surface area contributed by atoms with Gasteiger partial charge in [-0.1, -0.05) is 161 Å². The van der Waals surface area contributed by atoms with Crippen LogP contribution in [-0.4, -0.2) is 0 Å². The monoisotopic (exact) mass is 854 g/mol. The number of rotatable bonds is 7. The van der Waals surface area contributed by atoms with Crippen molar-refractivity contribution in [2.24, 2.45) is 0 Å². The average Bonchev–Trinajstić information content (AvgIpc) is 3.25. The lowest BCUT2D eigenvalue weighted by Gasteiger charge is -2.29. The first-order valence-electron chi connectivity index (χ1n) is 21.3. The first kappa shape index (κ1) is 40.0. The molecule has 62 heavy (non-hydrogen) atoms. The molecule has 2 aliphatic heterocycles. The summed E-state index contributed by atoms with van der Waals surface area (Å²) in [5.74, 6) is 4.86. The van der Waals surface area contributed by atoms with E-state index in [1.807, 2.05) is 12.1 Å². The van der Waals surface area contributed by atoms with E-state index >= 15 is 0 Å². The molecule has 0 bridgehead atoms. The number of benzene rings is 8. The number of para-hydroxylation sites is 4. The van der Waals surface area contributed by atoms with E-state index in [4.69, 9.17) is 27.1 Å². The fraction of sp³-hybridized carbons (Fsp3) is 0.185. The molecule has 310 valence electrons. The number of fused-ring (bicyclic) bond motifs is 6. The van der Waals surface area contributed by atoms with Gasteiger partial charge in [-0.15, -0.1) is 0 Å². The average molecular weight is 855 g/mol. The Labute approximate surface area is 366 Å². The molecule has 0 saturated carbocycles. The second kappa shape index (κ2) is 16.7. The Kier molecular flexibility index (Phi) is 10.8. The van der Waals surface area contributed by atoms with Crippen LogP contribution in [0.3, 0.4) is 0 Å². The van der Waals surface area contributed by atoms with Crippen LogP contribution in [-0.2, 0) is 12.8 Å². The second-order valence-corrected chi connectivity index (χ2v) is 18.8. The molecule has 0 aliphatic carbocycles. The van der Waals surface area contributed by atoms with Crippen LogP contribution in [0.4, 0.5) is 0 Å². The lowest BCUT2D eigenvalue weighted by molar-refractivity contribution is 0.375. The smallest absolute Gasteiger partial charge is 0.408 e. The molecule has 2 heterocycles. The minimum Gasteiger partial charge on any atom is -0.408 e. The van der Waals surface area contributed by atoms with Crippen LogP contribution < -0.4 is 27.1 Å². The van der Waals surface area contributed by atoms with Crippen LogP contribution in [0.2, 0.25) is 0 Å². The van der Waals surface area contributed by atoms with Gasteiger partial charge in [0, 0.05) is 24.0 Å². The highest BCUT2D eigenvalue weighted by Crippen LogP contribution is 2.56. The second-order valence-electron chi connectivity index (χ2n) is 16.8. The normalized spacial score (nSPS) is 13.9. The zero-order valence-electron chi connectivity index (χ0n) is 35.8. The van der Waals surface area contributed by atoms with Crippen LogP contribution in [0, 0.1) is 13.8 Å². The molecule has 0 fully saturated rings. The van der Waals surface area contributed by atoms with Gasteiger partial charge < -0.3 is 27.1 Å². The van der Waals surface area contributed by atoms with Crippen molar-refractivity contribution in [2.75, 3.05) is 0 Å². The highest BCUT2D eigenvalue weighted by Gasteiger charge is 2.33. The first-order valence-corrected chi connectivity index (χ1v) is 23.5. The molecule has 8 aromatic rings. The van der Waals surface area contributed by atoms with Crippen LogP contribution in [0.15, 0.2) is 146 Å². The van der Waals surface area contributed by atoms with Gasteiger partial charge in [0.15, 0.2) is 0 Å². The van der Waals surface area contributed by atoms with E-state index in [2.05, 4.69) is 175 Å². The van der Waals surface area contributed by atoms with E-state index in [0.29, 0.717) is 24.3 Å². The Morgan fingerprint density at radius 1 is 0.403 bits per heavy atom. The highest BCUT2D eigenvalue weighted by atomic mass is 31.2. The third kappa shape index (κ3) is 7.50. The Morgan fingerprint density at radius 2 is 0.774 bits per heavy atom. The van der Waals surface area contributed by atoms with Crippen molar-refractivity contribution in [1.82, 2.24) is 0 Å². The van der Waals surface area contributed by atoms with E-state index in [1.165, 1.54) is 0 Å². The van der Waals surface area contributed by atoms with Crippen LogP contribution in [0.25, 0.3) is 32.7 Å². The zero-order valence-corrected chi connectivity index (χ0v) is 37.6. The fourth-order valence-corrected chi connectivity index (χ4v) is 11.2. The summed E-state index contributed by atoms with van der Waals surface area (Å²) >= 11 is 0. The summed E-state index contributed by atoms with van der Waals surface area (Å²) in [7, 11) is -4.04. The quantitative estimate of drug-likeness (QED) is 0.149. The molecule has 0 atom stereocenters. The van der Waals surface area contributed by atoms with Crippen LogP contribution in [0.1, 0.15) is 84.0 Å². The summed E-state index contributed by atoms with van der Waals surface area (Å²) in [5, 5.41) is 4.10. The maximum Gasteiger partial charge on any atom is 0.530 e. The summed E-state index contributed by atoms with van der Waals surface area (Å²) in [6, 6.07) is 50.5. The molecule has 0 amide bonds. The van der Waals surface area contributed by atoms with Crippen LogP contribution in [0.5, 0.6) is 34.5 Å². The van der Waals surface area contributed by atoms with Crippen molar-refractivity contribution in [3.63, 3.8) is 0 Å². The summed E-state index contributed by atoms with van der Waals surface area (Å²) in [5.41, 5.74) is 10.4. The van der Waals surface area contributed by atoms with Crippen molar-refractivity contribution in [2.45, 2.75) is 66.2 Å². The van der Waals surface area contributed by atoms with Gasteiger partial charge in [-0.2, -0.15) is 0 Å². The molecular weight excluding hydrogens is 807 g/mol. The minimum atomic E-state index is -2.04. The molecule has 8 aromatic carbocycles. The molecule has 0 radical (unpaired) electrons. The minimum absolute atomic E-state index is 0.223. The highest BCUT2D eigenvalue weighted by molar-refractivity contribution is 7.43. The molecule has 10 rings (SSSR count). The van der Waals surface area contributed by atoms with E-state index in [0.717, 1.165) is 100 Å². The molecule has 6 nitrogen and oxygen atoms in total. The zero-order chi connectivity index (χ0) is 42.5. The van der Waals surface area contributed by atoms with Gasteiger partial charge in [-0.05, 0) is 104 Å². The standard InChI is InChI=1S/C54H48O6P2/c1-33(2)43-25-13-21-41-32-42-22-14-26-44(34(3)4)54(42)60-62(59-53(41)43)56-48-30-28-38-18-8-10-24-46(38)50(48)49-45-23-9-7-17-37(45)27-29-47(49)55-61-57-51-35(5)15-11-19-39(51)31-40-20-12-16-36(6)52(40)58-61/h7-30,33-34H,31-32H2,1-6H3. The molecule has 0 saturated heterocycles. The molecule has 0 aromatic heterocycles. The SMILES string of the molecule is Cc1cccc2c1OP(Oc1ccc3ccccc3c1-c1c(OP3Oc4c(cccc4C(C)C)Cc4cccc(C(C)C)c4O3)ccc3ccccc13)Oc1c(C)cccc1C2. The first-order chi connectivity index (χ1) is 30.2. The van der Waals surface area contributed by atoms with E-state index in [1.54, 1.807) is 0 Å². The molecule has 0 N–H and O–H groups in total. The van der Waals surface area contributed by atoms with E-state index < -0.39 is 17.2 Å². The Balaban J connectivity index is 1.15. The maximum atomic E-state index is 7.23. The van der Waals surface area contributed by atoms with Crippen molar-refractivity contribution >= 4 is 38.7 Å². The van der Waals surface area contributed by atoms with Crippen molar-refractivity contribution in [1.29, 1.82) is 0 Å². The predicted octanol–water partition coefficient (Wildman–Crippen LogP) is 15.9. The summed E-state index contributed by atoms with van der Waals surface area (Å²) in [4.78, 5) is 0. The topological polar surface area (TPSA) is 55.4 Å². The van der Waals surface area contributed by atoms with Gasteiger partial charge in [0.1, 0.15) is 34.5 Å². The lowest BCUT2D eigenvalue weighted by Crippen LogP contribution is -2.12. The summed E-state index contributed by atoms with van der Waals surface area (Å²) in [6.07, 6.45) is 1.38. The third-order valence-electron chi connectivity index (χ3n) is 11.9. The van der Waals surface area contributed by atoms with Gasteiger partial charge in [-0.3, -0.25) is 0 Å². The van der Waals surface area contributed by atoms with Gasteiger partial charge in [0.05, 0.1) is 0 Å². The van der Waals surface area contributed by atoms with Crippen molar-refractivity contribution < 1.29 is 27.1 Å². The van der Waals surface area contributed by atoms with Crippen LogP contribution >= 0.6 is 17.2 Å². The molecule has 0 unspecified atom stereocenters. The molecule has 0 spiro atoms. The molecule has 8 heteroatoms. The Hall–Kier alpha value is -6.06. The number of hydrogen-bond acceptors (Lipinski definition) is 6. The summed E-state index contributed by atoms with van der Waals surface area (Å²) in [6.45, 7) is 12.9. The largest absolute Gasteiger partial charge is 0.530 e. The maximum absolute atomic E-state index is 7.23. The lowest BCUT2D eigenvalue weighted by atomic mass is 9.92. The number of aryl methyl sites for hydroxylation is 2. The van der Waals surface area contributed by atoms with Gasteiger partial charge in [-0.25, -0.2) is 0 Å². The molecular formula is C54H48O6P2. The molecule has 2 aliphatic rings. The van der Waals surface area contributed by atoms with Gasteiger partial charge in [0.2, 0.25) is 0 Å². The van der Waals surface area contributed by atoms with E-state index in [-0.39, 0.29) is 11.8 Å². The van der Waals surface area contributed by atoms with E-state index in [9.17, 15) is 0 Å². The van der Waals surface area contributed by atoms with Gasteiger partial charge >= 0.3 is 17.2 Å². The van der Waals surface area contributed by atoms with Crippen molar-refractivity contribution in [3.8, 4) is 45.6 Å².